The fourth-order valence-corrected chi connectivity index (χ4v) is 3.01. The van der Waals surface area contributed by atoms with Gasteiger partial charge >= 0.3 is 5.97 Å². The first-order valence-electron chi connectivity index (χ1n) is 9.04. The molecule has 140 valence electrons. The van der Waals surface area contributed by atoms with Crippen LogP contribution in [0.25, 0.3) is 0 Å². The first kappa shape index (κ1) is 18.3. The largest absolute Gasteiger partial charge is 0.493 e. The Morgan fingerprint density at radius 2 is 2.00 bits per heavy atom. The number of esters is 1. The average molecular weight is 358 g/mol. The van der Waals surface area contributed by atoms with Crippen molar-refractivity contribution >= 4 is 5.97 Å². The van der Waals surface area contributed by atoms with Crippen LogP contribution in [-0.2, 0) is 11.3 Å². The molecule has 0 spiro atoms. The molecule has 0 N–H and O–H groups in total. The number of aromatic nitrogens is 2. The molecule has 1 aliphatic rings. The summed E-state index contributed by atoms with van der Waals surface area (Å²) in [6.45, 7) is 4.42. The van der Waals surface area contributed by atoms with Gasteiger partial charge in [-0.3, -0.25) is 4.68 Å². The zero-order valence-electron chi connectivity index (χ0n) is 15.8. The Labute approximate surface area is 154 Å². The number of nitrogens with zero attached hydrogens (tertiary/aromatic N) is 2. The summed E-state index contributed by atoms with van der Waals surface area (Å²) in [6, 6.07) is 5.76. The summed E-state index contributed by atoms with van der Waals surface area (Å²) < 4.78 is 18.1. The summed E-state index contributed by atoms with van der Waals surface area (Å²) in [5, 5.41) is 4.45. The highest BCUT2D eigenvalue weighted by atomic mass is 16.5. The van der Waals surface area contributed by atoms with Gasteiger partial charge in [-0.05, 0) is 43.9 Å². The number of carbonyl (C=O) groups excluding carboxylic acids is 1. The Hall–Kier alpha value is -2.50. The lowest BCUT2D eigenvalue weighted by atomic mass is 10.1. The quantitative estimate of drug-likeness (QED) is 0.665. The summed E-state index contributed by atoms with van der Waals surface area (Å²) >= 11 is 0. The summed E-state index contributed by atoms with van der Waals surface area (Å²) in [5.74, 6) is 1.36. The molecule has 0 saturated heterocycles. The van der Waals surface area contributed by atoms with Crippen molar-refractivity contribution in [3.05, 3.63) is 41.2 Å². The van der Waals surface area contributed by atoms with Gasteiger partial charge in [-0.25, -0.2) is 4.79 Å². The van der Waals surface area contributed by atoms with Crippen molar-refractivity contribution in [1.82, 2.24) is 9.78 Å². The highest BCUT2D eigenvalue weighted by Crippen LogP contribution is 2.43. The highest BCUT2D eigenvalue weighted by molar-refractivity contribution is 5.90. The number of carbonyl (C=O) groups is 1. The predicted molar refractivity (Wildman–Crippen MR) is 97.9 cm³/mol. The zero-order chi connectivity index (χ0) is 18.7. The molecule has 0 unspecified atom stereocenters. The van der Waals surface area contributed by atoms with E-state index in [9.17, 15) is 4.79 Å². The van der Waals surface area contributed by atoms with E-state index >= 15 is 0 Å². The van der Waals surface area contributed by atoms with Crippen LogP contribution in [0.1, 0.15) is 66.7 Å². The van der Waals surface area contributed by atoms with Gasteiger partial charge < -0.3 is 14.2 Å². The minimum Gasteiger partial charge on any atom is -0.493 e. The van der Waals surface area contributed by atoms with E-state index in [0.29, 0.717) is 23.0 Å². The number of methoxy groups -OCH3 is 2. The van der Waals surface area contributed by atoms with Crippen molar-refractivity contribution < 1.29 is 19.0 Å². The van der Waals surface area contributed by atoms with Crippen molar-refractivity contribution in [2.75, 3.05) is 14.2 Å². The van der Waals surface area contributed by atoms with E-state index in [1.54, 1.807) is 26.5 Å². The molecule has 6 nitrogen and oxygen atoms in total. The molecule has 0 aliphatic heterocycles. The van der Waals surface area contributed by atoms with Gasteiger partial charge in [-0.2, -0.15) is 5.10 Å². The van der Waals surface area contributed by atoms with Gasteiger partial charge in [0.25, 0.3) is 0 Å². The highest BCUT2D eigenvalue weighted by Gasteiger charge is 2.33. The number of ether oxygens (including phenoxy) is 3. The molecule has 6 heteroatoms. The third-order valence-electron chi connectivity index (χ3n) is 4.84. The van der Waals surface area contributed by atoms with E-state index in [-0.39, 0.29) is 18.6 Å². The van der Waals surface area contributed by atoms with Crippen LogP contribution in [0.2, 0.25) is 0 Å². The minimum atomic E-state index is -0.323. The molecular formula is C20H26N2O4. The predicted octanol–water partition coefficient (Wildman–Crippen LogP) is 4.11. The van der Waals surface area contributed by atoms with Gasteiger partial charge in [0.05, 0.1) is 26.1 Å². The minimum absolute atomic E-state index is 0.178. The number of rotatable bonds is 8. The van der Waals surface area contributed by atoms with Crippen LogP contribution in [0.4, 0.5) is 0 Å². The molecule has 1 aromatic carbocycles. The third kappa shape index (κ3) is 3.69. The Bertz CT molecular complexity index is 780. The maximum atomic E-state index is 12.6. The first-order valence-corrected chi connectivity index (χ1v) is 9.04. The number of hydrogen-bond acceptors (Lipinski definition) is 5. The van der Waals surface area contributed by atoms with Crippen molar-refractivity contribution in [1.29, 1.82) is 0 Å². The Kier molecular flexibility index (Phi) is 5.49. The summed E-state index contributed by atoms with van der Waals surface area (Å²) in [7, 11) is 3.17. The lowest BCUT2D eigenvalue weighted by molar-refractivity contribution is 0.0470. The van der Waals surface area contributed by atoms with Crippen molar-refractivity contribution in [3.63, 3.8) is 0 Å². The molecule has 1 saturated carbocycles. The van der Waals surface area contributed by atoms with Crippen molar-refractivity contribution in [2.24, 2.45) is 0 Å². The number of benzene rings is 1. The van der Waals surface area contributed by atoms with E-state index in [2.05, 4.69) is 18.9 Å². The average Bonchev–Trinajstić information content (AvgIpc) is 3.42. The molecule has 0 radical (unpaired) electrons. The number of hydrogen-bond donors (Lipinski definition) is 0. The molecule has 1 fully saturated rings. The van der Waals surface area contributed by atoms with Crippen LogP contribution in [0.5, 0.6) is 11.5 Å². The van der Waals surface area contributed by atoms with Crippen LogP contribution >= 0.6 is 0 Å². The molecule has 1 aromatic heterocycles. The Morgan fingerprint density at radius 3 is 2.62 bits per heavy atom. The molecule has 1 aliphatic carbocycles. The molecule has 1 atom stereocenters. The van der Waals surface area contributed by atoms with Crippen LogP contribution in [-0.4, -0.2) is 30.0 Å². The van der Waals surface area contributed by atoms with Gasteiger partial charge in [-0.15, -0.1) is 0 Å². The van der Waals surface area contributed by atoms with Crippen molar-refractivity contribution in [3.8, 4) is 11.5 Å². The van der Waals surface area contributed by atoms with Gasteiger partial charge in [0.15, 0.2) is 11.5 Å². The van der Waals surface area contributed by atoms with E-state index in [4.69, 9.17) is 14.2 Å². The maximum absolute atomic E-state index is 12.6. The Morgan fingerprint density at radius 1 is 1.27 bits per heavy atom. The lowest BCUT2D eigenvalue weighted by Crippen LogP contribution is -2.12. The SMILES string of the molecule is CC[C@H](C)n1ncc(C(=O)OCc2ccc(OC)c(OC)c2)c1C1CC1. The zero-order valence-corrected chi connectivity index (χ0v) is 15.8. The van der Waals surface area contributed by atoms with Crippen LogP contribution in [0.3, 0.4) is 0 Å². The molecule has 3 rings (SSSR count). The summed E-state index contributed by atoms with van der Waals surface area (Å²) in [5.41, 5.74) is 2.46. The van der Waals surface area contributed by atoms with E-state index in [1.165, 1.54) is 0 Å². The second-order valence-corrected chi connectivity index (χ2v) is 6.69. The summed E-state index contributed by atoms with van der Waals surface area (Å²) in [6.07, 6.45) is 4.84. The second-order valence-electron chi connectivity index (χ2n) is 6.69. The second kappa shape index (κ2) is 7.81. The van der Waals surface area contributed by atoms with Crippen LogP contribution in [0, 0.1) is 0 Å². The van der Waals surface area contributed by atoms with E-state index < -0.39 is 0 Å². The fraction of sp³-hybridized carbons (Fsp3) is 0.500. The standard InChI is InChI=1S/C20H26N2O4/c1-5-13(2)22-19(15-7-8-15)16(11-21-22)20(23)26-12-14-6-9-17(24-3)18(10-14)25-4/h6,9-11,13,15H,5,7-8,12H2,1-4H3/t13-/m0/s1. The van der Waals surface area contributed by atoms with Gasteiger partial charge in [0.1, 0.15) is 12.2 Å². The van der Waals surface area contributed by atoms with Crippen LogP contribution in [0.15, 0.2) is 24.4 Å². The molecule has 26 heavy (non-hydrogen) atoms. The van der Waals surface area contributed by atoms with Crippen LogP contribution < -0.4 is 9.47 Å². The molecule has 0 bridgehead atoms. The normalized spacial score (nSPS) is 14.8. The Balaban J connectivity index is 1.74. The molecule has 0 amide bonds. The fourth-order valence-electron chi connectivity index (χ4n) is 3.01. The monoisotopic (exact) mass is 358 g/mol. The van der Waals surface area contributed by atoms with Gasteiger partial charge in [0.2, 0.25) is 0 Å². The molecule has 2 aromatic rings. The molecular weight excluding hydrogens is 332 g/mol. The first-order chi connectivity index (χ1) is 12.6. The lowest BCUT2D eigenvalue weighted by Gasteiger charge is -2.14. The van der Waals surface area contributed by atoms with E-state index in [1.807, 2.05) is 16.8 Å². The smallest absolute Gasteiger partial charge is 0.341 e. The van der Waals surface area contributed by atoms with E-state index in [0.717, 1.165) is 30.5 Å². The van der Waals surface area contributed by atoms with Gasteiger partial charge in [-0.1, -0.05) is 13.0 Å². The summed E-state index contributed by atoms with van der Waals surface area (Å²) in [4.78, 5) is 12.6. The third-order valence-corrected chi connectivity index (χ3v) is 4.84. The molecule has 1 heterocycles. The topological polar surface area (TPSA) is 62.6 Å². The van der Waals surface area contributed by atoms with Gasteiger partial charge in [0, 0.05) is 12.0 Å². The van der Waals surface area contributed by atoms with Crippen molar-refractivity contribution in [2.45, 2.75) is 51.7 Å². The maximum Gasteiger partial charge on any atom is 0.341 e.